The molecule has 0 spiro atoms. The first-order chi connectivity index (χ1) is 10.2. The normalized spacial score (nSPS) is 12.1. The Morgan fingerprint density at radius 2 is 2.24 bits per heavy atom. The van der Waals surface area contributed by atoms with Gasteiger partial charge in [-0.1, -0.05) is 33.1 Å². The average molecular weight is 311 g/mol. The lowest BCUT2D eigenvalue weighted by Gasteiger charge is -2.14. The number of nitrogens with one attached hydrogen (secondary N) is 1. The molecule has 1 rings (SSSR count). The van der Waals surface area contributed by atoms with E-state index in [0.717, 1.165) is 12.8 Å². The van der Waals surface area contributed by atoms with Crippen LogP contribution in [-0.4, -0.2) is 23.3 Å². The molecule has 0 aromatic carbocycles. The standard InChI is InChI=1S/C16H25NO3S/c1-3-5-7-13(4-2)12-20-15(18)9-11-21-14-8-6-10-17-16(14)19/h6,8,10,13H,3-5,7,9,11-12H2,1-2H3,(H,17,19). The zero-order valence-electron chi connectivity index (χ0n) is 12.9. The van der Waals surface area contributed by atoms with Gasteiger partial charge in [0.25, 0.3) is 5.56 Å². The monoisotopic (exact) mass is 311 g/mol. The molecule has 1 aromatic rings. The summed E-state index contributed by atoms with van der Waals surface area (Å²) in [6.07, 6.45) is 6.45. The van der Waals surface area contributed by atoms with E-state index < -0.39 is 0 Å². The molecule has 0 aliphatic carbocycles. The zero-order valence-corrected chi connectivity index (χ0v) is 13.7. The molecule has 1 atom stereocenters. The summed E-state index contributed by atoms with van der Waals surface area (Å²) in [6.45, 7) is 4.82. The van der Waals surface area contributed by atoms with Crippen molar-refractivity contribution < 1.29 is 9.53 Å². The molecule has 118 valence electrons. The van der Waals surface area contributed by atoms with E-state index in [1.54, 1.807) is 18.3 Å². The largest absolute Gasteiger partial charge is 0.465 e. The minimum Gasteiger partial charge on any atom is -0.465 e. The van der Waals surface area contributed by atoms with Crippen molar-refractivity contribution in [2.24, 2.45) is 5.92 Å². The van der Waals surface area contributed by atoms with E-state index in [0.29, 0.717) is 29.6 Å². The van der Waals surface area contributed by atoms with Gasteiger partial charge in [0, 0.05) is 11.9 Å². The van der Waals surface area contributed by atoms with Crippen LogP contribution >= 0.6 is 11.8 Å². The number of aromatic amines is 1. The Labute approximate surface area is 130 Å². The van der Waals surface area contributed by atoms with Gasteiger partial charge in [-0.3, -0.25) is 9.59 Å². The number of hydrogen-bond acceptors (Lipinski definition) is 4. The number of carbonyl (C=O) groups is 1. The van der Waals surface area contributed by atoms with Crippen molar-refractivity contribution in [3.05, 3.63) is 28.7 Å². The molecule has 0 radical (unpaired) electrons. The van der Waals surface area contributed by atoms with Crippen LogP contribution in [0.1, 0.15) is 46.0 Å². The van der Waals surface area contributed by atoms with Crippen molar-refractivity contribution in [1.29, 1.82) is 0 Å². The minimum atomic E-state index is -0.176. The highest BCUT2D eigenvalue weighted by Gasteiger charge is 2.10. The maximum absolute atomic E-state index is 11.7. The quantitative estimate of drug-likeness (QED) is 0.529. The number of carbonyl (C=O) groups excluding carboxylic acids is 1. The van der Waals surface area contributed by atoms with Crippen LogP contribution in [0.2, 0.25) is 0 Å². The highest BCUT2D eigenvalue weighted by molar-refractivity contribution is 7.99. The number of pyridine rings is 1. The second kappa shape index (κ2) is 10.5. The number of esters is 1. The van der Waals surface area contributed by atoms with Gasteiger partial charge in [-0.25, -0.2) is 0 Å². The fourth-order valence-electron chi connectivity index (χ4n) is 1.95. The first-order valence-corrected chi connectivity index (χ1v) is 8.62. The van der Waals surface area contributed by atoms with Gasteiger partial charge in [-0.2, -0.15) is 0 Å². The predicted octanol–water partition coefficient (Wildman–Crippen LogP) is 3.62. The van der Waals surface area contributed by atoms with Gasteiger partial charge in [0.2, 0.25) is 0 Å². The Kier molecular flexibility index (Phi) is 8.90. The molecule has 4 nitrogen and oxygen atoms in total. The third-order valence-corrected chi connectivity index (χ3v) is 4.41. The number of aromatic nitrogens is 1. The molecule has 1 unspecified atom stereocenters. The van der Waals surface area contributed by atoms with Crippen molar-refractivity contribution in [2.75, 3.05) is 12.4 Å². The topological polar surface area (TPSA) is 59.2 Å². The lowest BCUT2D eigenvalue weighted by molar-refractivity contribution is -0.144. The van der Waals surface area contributed by atoms with Crippen molar-refractivity contribution >= 4 is 17.7 Å². The molecule has 0 saturated carbocycles. The smallest absolute Gasteiger partial charge is 0.306 e. The maximum Gasteiger partial charge on any atom is 0.306 e. The summed E-state index contributed by atoms with van der Waals surface area (Å²) < 4.78 is 5.32. The third kappa shape index (κ3) is 7.37. The molecular formula is C16H25NO3S. The van der Waals surface area contributed by atoms with Gasteiger partial charge in [0.05, 0.1) is 17.9 Å². The second-order valence-electron chi connectivity index (χ2n) is 5.06. The van der Waals surface area contributed by atoms with Crippen LogP contribution in [0.25, 0.3) is 0 Å². The first-order valence-electron chi connectivity index (χ1n) is 7.63. The van der Waals surface area contributed by atoms with Crippen LogP contribution in [0, 0.1) is 5.92 Å². The summed E-state index contributed by atoms with van der Waals surface area (Å²) >= 11 is 1.38. The van der Waals surface area contributed by atoms with Gasteiger partial charge >= 0.3 is 5.97 Å². The minimum absolute atomic E-state index is 0.110. The molecule has 1 N–H and O–H groups in total. The van der Waals surface area contributed by atoms with Crippen LogP contribution in [0.15, 0.2) is 28.0 Å². The molecule has 1 heterocycles. The number of hydrogen-bond donors (Lipinski definition) is 1. The predicted molar refractivity (Wildman–Crippen MR) is 86.7 cm³/mol. The first kappa shape index (κ1) is 17.8. The molecule has 0 aliphatic rings. The Morgan fingerprint density at radius 1 is 1.43 bits per heavy atom. The SMILES string of the molecule is CCCCC(CC)COC(=O)CCSc1ccc[nH]c1=O. The van der Waals surface area contributed by atoms with Crippen molar-refractivity contribution in [1.82, 2.24) is 4.98 Å². The number of ether oxygens (including phenoxy) is 1. The van der Waals surface area contributed by atoms with Gasteiger partial charge in [0.15, 0.2) is 0 Å². The van der Waals surface area contributed by atoms with E-state index in [4.69, 9.17) is 4.74 Å². The molecule has 0 amide bonds. The molecule has 1 aromatic heterocycles. The summed E-state index contributed by atoms with van der Waals surface area (Å²) in [5.74, 6) is 0.862. The van der Waals surface area contributed by atoms with Crippen molar-refractivity contribution in [2.45, 2.75) is 50.8 Å². The van der Waals surface area contributed by atoms with Crippen molar-refractivity contribution in [3.63, 3.8) is 0 Å². The van der Waals surface area contributed by atoms with Crippen molar-refractivity contribution in [3.8, 4) is 0 Å². The maximum atomic E-state index is 11.7. The van der Waals surface area contributed by atoms with Crippen LogP contribution in [0.3, 0.4) is 0 Å². The Bertz CT molecular complexity index is 473. The second-order valence-corrected chi connectivity index (χ2v) is 6.20. The summed E-state index contributed by atoms with van der Waals surface area (Å²) in [7, 11) is 0. The molecule has 5 heteroatoms. The van der Waals surface area contributed by atoms with Crippen LogP contribution in [-0.2, 0) is 9.53 Å². The van der Waals surface area contributed by atoms with Crippen LogP contribution in [0.5, 0.6) is 0 Å². The lowest BCUT2D eigenvalue weighted by atomic mass is 10.0. The molecule has 0 fully saturated rings. The average Bonchev–Trinajstić information content (AvgIpc) is 2.49. The molecule has 0 bridgehead atoms. The number of unbranched alkanes of at least 4 members (excludes halogenated alkanes) is 1. The van der Waals surface area contributed by atoms with E-state index >= 15 is 0 Å². The molecular weight excluding hydrogens is 286 g/mol. The third-order valence-electron chi connectivity index (χ3n) is 3.37. The van der Waals surface area contributed by atoms with E-state index in [1.807, 2.05) is 0 Å². The van der Waals surface area contributed by atoms with E-state index in [-0.39, 0.29) is 11.5 Å². The van der Waals surface area contributed by atoms with Crippen LogP contribution in [0.4, 0.5) is 0 Å². The van der Waals surface area contributed by atoms with Gasteiger partial charge < -0.3 is 9.72 Å². The van der Waals surface area contributed by atoms with Crippen LogP contribution < -0.4 is 5.56 Å². The molecule has 0 aliphatic heterocycles. The van der Waals surface area contributed by atoms with Gasteiger partial charge in [-0.15, -0.1) is 11.8 Å². The summed E-state index contributed by atoms with van der Waals surface area (Å²) in [4.78, 5) is 26.4. The fraction of sp³-hybridized carbons (Fsp3) is 0.625. The number of H-pyrrole nitrogens is 1. The fourth-order valence-corrected chi connectivity index (χ4v) is 2.80. The zero-order chi connectivity index (χ0) is 15.5. The highest BCUT2D eigenvalue weighted by Crippen LogP contribution is 2.15. The Hall–Kier alpha value is -1.23. The summed E-state index contributed by atoms with van der Waals surface area (Å²) in [6, 6.07) is 3.54. The lowest BCUT2D eigenvalue weighted by Crippen LogP contribution is -2.14. The molecule has 21 heavy (non-hydrogen) atoms. The molecule has 0 saturated heterocycles. The summed E-state index contributed by atoms with van der Waals surface area (Å²) in [5.41, 5.74) is -0.110. The number of thioether (sulfide) groups is 1. The Balaban J connectivity index is 2.22. The van der Waals surface area contributed by atoms with E-state index in [2.05, 4.69) is 18.8 Å². The highest BCUT2D eigenvalue weighted by atomic mass is 32.2. The Morgan fingerprint density at radius 3 is 2.90 bits per heavy atom. The van der Waals surface area contributed by atoms with E-state index in [1.165, 1.54) is 24.6 Å². The summed E-state index contributed by atoms with van der Waals surface area (Å²) in [5, 5.41) is 0. The van der Waals surface area contributed by atoms with E-state index in [9.17, 15) is 9.59 Å². The number of rotatable bonds is 10. The van der Waals surface area contributed by atoms with Gasteiger partial charge in [0.1, 0.15) is 0 Å². The van der Waals surface area contributed by atoms with Gasteiger partial charge in [-0.05, 0) is 24.5 Å².